The molecule has 1 fully saturated rings. The van der Waals surface area contributed by atoms with Gasteiger partial charge in [0.2, 0.25) is 0 Å². The molecule has 0 unspecified atom stereocenters. The summed E-state index contributed by atoms with van der Waals surface area (Å²) in [6.07, 6.45) is 1.58. The fourth-order valence-electron chi connectivity index (χ4n) is 2.68. The molecule has 1 aliphatic rings. The van der Waals surface area contributed by atoms with E-state index in [1.54, 1.807) is 36.4 Å². The van der Waals surface area contributed by atoms with Crippen molar-refractivity contribution in [1.82, 2.24) is 5.32 Å². The molecule has 9 heteroatoms. The number of hydrogen-bond donors (Lipinski definition) is 1. The second-order valence-corrected chi connectivity index (χ2v) is 7.79. The molecule has 7 nitrogen and oxygen atoms in total. The minimum absolute atomic E-state index is 0.0445. The van der Waals surface area contributed by atoms with E-state index in [9.17, 15) is 14.9 Å². The Morgan fingerprint density at radius 3 is 2.66 bits per heavy atom. The molecule has 1 aromatic heterocycles. The molecule has 29 heavy (non-hydrogen) atoms. The normalized spacial score (nSPS) is 16.4. The van der Waals surface area contributed by atoms with E-state index in [0.717, 1.165) is 4.47 Å². The maximum atomic E-state index is 12.3. The number of carbonyl (C=O) groups is 1. The molecule has 0 aliphatic carbocycles. The third kappa shape index (κ3) is 4.15. The smallest absolute Gasteiger partial charge is 0.280 e. The Labute approximate surface area is 177 Å². The van der Waals surface area contributed by atoms with Crippen molar-refractivity contribution in [1.29, 1.82) is 0 Å². The molecule has 1 aliphatic heterocycles. The molecule has 1 saturated heterocycles. The van der Waals surface area contributed by atoms with Crippen LogP contribution in [0.4, 0.5) is 11.4 Å². The summed E-state index contributed by atoms with van der Waals surface area (Å²) in [4.78, 5) is 27.9. The Morgan fingerprint density at radius 1 is 1.10 bits per heavy atom. The number of nitrogens with one attached hydrogen (secondary N) is 1. The van der Waals surface area contributed by atoms with E-state index in [1.807, 2.05) is 24.3 Å². The highest BCUT2D eigenvalue weighted by atomic mass is 79.9. The first-order chi connectivity index (χ1) is 14.0. The fraction of sp³-hybridized carbons (Fsp3) is 0. The lowest BCUT2D eigenvalue weighted by Gasteiger charge is -1.99. The molecule has 2 aromatic carbocycles. The number of amides is 1. The van der Waals surface area contributed by atoms with Crippen LogP contribution in [0.2, 0.25) is 0 Å². The number of halogens is 1. The van der Waals surface area contributed by atoms with Gasteiger partial charge in [0.05, 0.1) is 21.1 Å². The van der Waals surface area contributed by atoms with Crippen molar-refractivity contribution in [2.24, 2.45) is 4.99 Å². The first kappa shape index (κ1) is 19.2. The first-order valence-corrected chi connectivity index (χ1v) is 10.00. The van der Waals surface area contributed by atoms with Crippen LogP contribution in [0.1, 0.15) is 5.76 Å². The van der Waals surface area contributed by atoms with E-state index in [4.69, 9.17) is 4.42 Å². The van der Waals surface area contributed by atoms with Crippen LogP contribution < -0.4 is 5.32 Å². The Morgan fingerprint density at radius 2 is 1.86 bits per heavy atom. The van der Waals surface area contributed by atoms with E-state index < -0.39 is 4.92 Å². The van der Waals surface area contributed by atoms with Gasteiger partial charge in [-0.25, -0.2) is 4.99 Å². The molecule has 0 atom stereocenters. The second-order valence-electron chi connectivity index (χ2n) is 5.91. The van der Waals surface area contributed by atoms with Gasteiger partial charge in [0.1, 0.15) is 11.5 Å². The van der Waals surface area contributed by atoms with Crippen molar-refractivity contribution in [3.63, 3.8) is 0 Å². The van der Waals surface area contributed by atoms with Crippen molar-refractivity contribution >= 4 is 56.2 Å². The third-order valence-corrected chi connectivity index (χ3v) is 5.57. The fourth-order valence-corrected chi connectivity index (χ4v) is 3.87. The van der Waals surface area contributed by atoms with Crippen molar-refractivity contribution in [2.75, 3.05) is 0 Å². The minimum Gasteiger partial charge on any atom is -0.456 e. The van der Waals surface area contributed by atoms with Gasteiger partial charge in [-0.2, -0.15) is 0 Å². The highest BCUT2D eigenvalue weighted by Crippen LogP contribution is 2.34. The molecule has 144 valence electrons. The van der Waals surface area contributed by atoms with Crippen molar-refractivity contribution < 1.29 is 14.1 Å². The maximum absolute atomic E-state index is 12.3. The predicted molar refractivity (Wildman–Crippen MR) is 116 cm³/mol. The number of hydrogen-bond acceptors (Lipinski definition) is 6. The van der Waals surface area contributed by atoms with Crippen LogP contribution >= 0.6 is 27.7 Å². The quantitative estimate of drug-likeness (QED) is 0.308. The number of para-hydroxylation sites is 2. The zero-order chi connectivity index (χ0) is 20.4. The summed E-state index contributed by atoms with van der Waals surface area (Å²) >= 11 is 4.61. The Kier molecular flexibility index (Phi) is 5.32. The molecule has 0 bridgehead atoms. The number of aliphatic imine (C=N–C) groups is 1. The molecule has 0 spiro atoms. The van der Waals surface area contributed by atoms with Gasteiger partial charge in [-0.15, -0.1) is 0 Å². The average molecular weight is 470 g/mol. The van der Waals surface area contributed by atoms with Gasteiger partial charge in [0.25, 0.3) is 11.6 Å². The van der Waals surface area contributed by atoms with Gasteiger partial charge < -0.3 is 9.73 Å². The van der Waals surface area contributed by atoms with Gasteiger partial charge in [-0.1, -0.05) is 24.3 Å². The molecular weight excluding hydrogens is 458 g/mol. The van der Waals surface area contributed by atoms with E-state index in [0.29, 0.717) is 32.8 Å². The Hall–Kier alpha value is -3.17. The predicted octanol–water partition coefficient (Wildman–Crippen LogP) is 5.51. The van der Waals surface area contributed by atoms with Crippen molar-refractivity contribution in [3.8, 4) is 11.3 Å². The van der Waals surface area contributed by atoms with Crippen LogP contribution in [0.3, 0.4) is 0 Å². The third-order valence-electron chi connectivity index (χ3n) is 3.99. The van der Waals surface area contributed by atoms with Gasteiger partial charge in [-0.3, -0.25) is 14.9 Å². The number of nitrogens with zero attached hydrogens (tertiary/aromatic N) is 2. The van der Waals surface area contributed by atoms with Gasteiger partial charge >= 0.3 is 0 Å². The van der Waals surface area contributed by atoms with Crippen LogP contribution in [0.5, 0.6) is 0 Å². The number of nitro benzene ring substituents is 1. The summed E-state index contributed by atoms with van der Waals surface area (Å²) in [5.41, 5.74) is 1.03. The summed E-state index contributed by atoms with van der Waals surface area (Å²) in [6, 6.07) is 17.1. The summed E-state index contributed by atoms with van der Waals surface area (Å²) < 4.78 is 6.54. The van der Waals surface area contributed by atoms with Crippen LogP contribution in [-0.4, -0.2) is 16.0 Å². The minimum atomic E-state index is -0.458. The maximum Gasteiger partial charge on any atom is 0.280 e. The molecule has 1 amide bonds. The molecular formula is C20H12BrN3O4S. The number of nitro groups is 1. The highest BCUT2D eigenvalue weighted by Gasteiger charge is 2.25. The second kappa shape index (κ2) is 8.06. The average Bonchev–Trinajstić information content (AvgIpc) is 3.30. The summed E-state index contributed by atoms with van der Waals surface area (Å²) in [5.74, 6) is 0.483. The number of benzene rings is 2. The molecule has 2 heterocycles. The zero-order valence-electron chi connectivity index (χ0n) is 14.7. The molecule has 0 radical (unpaired) electrons. The lowest BCUT2D eigenvalue weighted by molar-refractivity contribution is -0.384. The summed E-state index contributed by atoms with van der Waals surface area (Å²) in [7, 11) is 0. The number of carbonyl (C=O) groups excluding carboxylic acids is 1. The van der Waals surface area contributed by atoms with E-state index in [1.165, 1.54) is 17.8 Å². The number of rotatable bonds is 4. The van der Waals surface area contributed by atoms with Gasteiger partial charge in [0, 0.05) is 16.6 Å². The topological polar surface area (TPSA) is 97.7 Å². The SMILES string of the molecule is O=C1NC(=Nc2ccccc2Br)S/C1=C/c1ccc(-c2ccccc2[N+](=O)[O-])o1. The number of thioether (sulfide) groups is 1. The monoisotopic (exact) mass is 469 g/mol. The Balaban J connectivity index is 1.59. The number of furan rings is 1. The molecule has 4 rings (SSSR count). The van der Waals surface area contributed by atoms with Crippen LogP contribution in [-0.2, 0) is 4.79 Å². The number of amidine groups is 1. The lowest BCUT2D eigenvalue weighted by atomic mass is 10.1. The van der Waals surface area contributed by atoms with E-state index in [-0.39, 0.29) is 11.6 Å². The largest absolute Gasteiger partial charge is 0.456 e. The molecule has 3 aromatic rings. The van der Waals surface area contributed by atoms with Crippen LogP contribution in [0, 0.1) is 10.1 Å². The van der Waals surface area contributed by atoms with Crippen LogP contribution in [0.25, 0.3) is 17.4 Å². The lowest BCUT2D eigenvalue weighted by Crippen LogP contribution is -2.19. The van der Waals surface area contributed by atoms with Gasteiger partial charge in [-0.05, 0) is 58.0 Å². The summed E-state index contributed by atoms with van der Waals surface area (Å²) in [5, 5.41) is 14.4. The Bertz CT molecular complexity index is 1190. The van der Waals surface area contributed by atoms with Gasteiger partial charge in [0.15, 0.2) is 5.17 Å². The summed E-state index contributed by atoms with van der Waals surface area (Å²) in [6.45, 7) is 0. The van der Waals surface area contributed by atoms with Crippen molar-refractivity contribution in [2.45, 2.75) is 0 Å². The zero-order valence-corrected chi connectivity index (χ0v) is 17.1. The van der Waals surface area contributed by atoms with Crippen LogP contribution in [0.15, 0.2) is 79.5 Å². The van der Waals surface area contributed by atoms with E-state index >= 15 is 0 Å². The standard InChI is InChI=1S/C20H12BrN3O4S/c21-14-6-2-3-7-15(14)22-20-23-19(25)18(29-20)11-12-9-10-17(28-12)13-5-1-4-8-16(13)24(26)27/h1-11H,(H,22,23,25)/b18-11+. The highest BCUT2D eigenvalue weighted by molar-refractivity contribution is 9.10. The molecule has 1 N–H and O–H groups in total. The first-order valence-electron chi connectivity index (χ1n) is 8.39. The molecule has 0 saturated carbocycles. The van der Waals surface area contributed by atoms with E-state index in [2.05, 4.69) is 26.2 Å². The van der Waals surface area contributed by atoms with Crippen molar-refractivity contribution in [3.05, 3.63) is 85.9 Å².